The normalized spacial score (nSPS) is 29.8. The number of carbonyl (C=O) groups is 1. The van der Waals surface area contributed by atoms with E-state index in [0.717, 1.165) is 26.2 Å². The molecule has 4 nitrogen and oxygen atoms in total. The first-order valence-corrected chi connectivity index (χ1v) is 7.40. The Balaban J connectivity index is 1.72. The predicted octanol–water partition coefficient (Wildman–Crippen LogP) is 1.07. The highest BCUT2D eigenvalue weighted by molar-refractivity contribution is 5.77. The van der Waals surface area contributed by atoms with Gasteiger partial charge < -0.3 is 15.1 Å². The van der Waals surface area contributed by atoms with Crippen molar-refractivity contribution < 1.29 is 4.79 Å². The number of hydrogen-bond donors (Lipinski definition) is 1. The maximum Gasteiger partial charge on any atom is 0.224 e. The number of likely N-dealkylation sites (tertiary alicyclic amines) is 2. The third-order valence-corrected chi connectivity index (χ3v) is 4.43. The summed E-state index contributed by atoms with van der Waals surface area (Å²) in [5, 5.41) is 3.35. The van der Waals surface area contributed by atoms with E-state index in [0.29, 0.717) is 24.4 Å². The number of piperidine rings is 1. The Morgan fingerprint density at radius 2 is 2.06 bits per heavy atom. The molecule has 0 aromatic heterocycles. The van der Waals surface area contributed by atoms with Gasteiger partial charge in [-0.1, -0.05) is 0 Å². The molecule has 0 aromatic carbocycles. The van der Waals surface area contributed by atoms with Crippen LogP contribution in [0.15, 0.2) is 0 Å². The van der Waals surface area contributed by atoms with Crippen molar-refractivity contribution in [2.24, 2.45) is 0 Å². The van der Waals surface area contributed by atoms with E-state index in [-0.39, 0.29) is 0 Å². The van der Waals surface area contributed by atoms with Gasteiger partial charge in [-0.2, -0.15) is 0 Å². The Morgan fingerprint density at radius 1 is 1.28 bits per heavy atom. The molecule has 2 saturated heterocycles. The second-order valence-corrected chi connectivity index (χ2v) is 5.76. The zero-order chi connectivity index (χ0) is 13.0. The minimum atomic E-state index is 0.353. The fraction of sp³-hybridized carbons (Fsp3) is 0.929. The molecule has 0 aliphatic carbocycles. The number of nitrogens with zero attached hydrogens (tertiary/aromatic N) is 2. The van der Waals surface area contributed by atoms with Crippen LogP contribution in [-0.2, 0) is 4.79 Å². The molecule has 2 rings (SSSR count). The molecule has 2 aliphatic heterocycles. The van der Waals surface area contributed by atoms with Crippen LogP contribution >= 0.6 is 0 Å². The third kappa shape index (κ3) is 3.45. The van der Waals surface area contributed by atoms with E-state index in [1.54, 1.807) is 0 Å². The van der Waals surface area contributed by atoms with Gasteiger partial charge in [-0.15, -0.1) is 0 Å². The molecule has 0 spiro atoms. The fourth-order valence-corrected chi connectivity index (χ4v) is 3.20. The van der Waals surface area contributed by atoms with Crippen molar-refractivity contribution in [3.8, 4) is 0 Å². The Bertz CT molecular complexity index is 282. The molecule has 18 heavy (non-hydrogen) atoms. The smallest absolute Gasteiger partial charge is 0.224 e. The maximum absolute atomic E-state index is 12.1. The van der Waals surface area contributed by atoms with Crippen molar-refractivity contribution in [2.75, 3.05) is 33.2 Å². The summed E-state index contributed by atoms with van der Waals surface area (Å²) in [5.41, 5.74) is 0. The average molecular weight is 253 g/mol. The molecule has 1 amide bonds. The molecule has 0 aromatic rings. The largest absolute Gasteiger partial charge is 0.340 e. The van der Waals surface area contributed by atoms with Crippen molar-refractivity contribution in [1.29, 1.82) is 0 Å². The number of amides is 1. The molecule has 2 atom stereocenters. The summed E-state index contributed by atoms with van der Waals surface area (Å²) in [6.07, 6.45) is 5.57. The molecule has 0 saturated carbocycles. The number of nitrogens with one attached hydrogen (secondary N) is 1. The van der Waals surface area contributed by atoms with E-state index >= 15 is 0 Å². The molecule has 1 N–H and O–H groups in total. The lowest BCUT2D eigenvalue weighted by Crippen LogP contribution is -2.45. The maximum atomic E-state index is 12.1. The minimum Gasteiger partial charge on any atom is -0.340 e. The summed E-state index contributed by atoms with van der Waals surface area (Å²) >= 11 is 0. The van der Waals surface area contributed by atoms with Crippen molar-refractivity contribution in [2.45, 2.75) is 51.1 Å². The van der Waals surface area contributed by atoms with E-state index in [9.17, 15) is 4.79 Å². The van der Waals surface area contributed by atoms with Crippen LogP contribution < -0.4 is 5.32 Å². The zero-order valence-electron chi connectivity index (χ0n) is 11.8. The molecule has 2 heterocycles. The highest BCUT2D eigenvalue weighted by Crippen LogP contribution is 2.18. The van der Waals surface area contributed by atoms with Crippen LogP contribution in [0.4, 0.5) is 0 Å². The van der Waals surface area contributed by atoms with Crippen LogP contribution in [0.2, 0.25) is 0 Å². The number of hydrogen-bond acceptors (Lipinski definition) is 3. The van der Waals surface area contributed by atoms with Gasteiger partial charge in [0.1, 0.15) is 0 Å². The molecule has 4 heteroatoms. The lowest BCUT2D eigenvalue weighted by molar-refractivity contribution is -0.132. The molecular weight excluding hydrogens is 226 g/mol. The van der Waals surface area contributed by atoms with Crippen molar-refractivity contribution >= 4 is 5.91 Å². The monoisotopic (exact) mass is 253 g/mol. The van der Waals surface area contributed by atoms with E-state index in [1.165, 1.54) is 25.7 Å². The van der Waals surface area contributed by atoms with Gasteiger partial charge in [0.15, 0.2) is 0 Å². The summed E-state index contributed by atoms with van der Waals surface area (Å²) in [6.45, 7) is 6.32. The van der Waals surface area contributed by atoms with Gasteiger partial charge in [0.25, 0.3) is 0 Å². The Hall–Kier alpha value is -0.610. The summed E-state index contributed by atoms with van der Waals surface area (Å²) in [5.74, 6) is 0.353. The van der Waals surface area contributed by atoms with Crippen LogP contribution in [0.25, 0.3) is 0 Å². The van der Waals surface area contributed by atoms with E-state index in [4.69, 9.17) is 0 Å². The van der Waals surface area contributed by atoms with Crippen molar-refractivity contribution in [1.82, 2.24) is 15.1 Å². The molecule has 104 valence electrons. The molecule has 2 fully saturated rings. The lowest BCUT2D eigenvalue weighted by Gasteiger charge is -2.33. The topological polar surface area (TPSA) is 35.6 Å². The predicted molar refractivity (Wildman–Crippen MR) is 73.5 cm³/mol. The molecular formula is C14H27N3O. The number of likely N-dealkylation sites (N-methyl/N-ethyl adjacent to an activating group) is 1. The lowest BCUT2D eigenvalue weighted by atomic mass is 10.1. The number of carbonyl (C=O) groups excluding carboxylic acids is 1. The summed E-state index contributed by atoms with van der Waals surface area (Å²) in [4.78, 5) is 16.6. The molecule has 2 unspecified atom stereocenters. The van der Waals surface area contributed by atoms with Crippen LogP contribution in [-0.4, -0.2) is 61.0 Å². The Kier molecular flexibility index (Phi) is 5.01. The minimum absolute atomic E-state index is 0.353. The van der Waals surface area contributed by atoms with Gasteiger partial charge in [0.2, 0.25) is 5.91 Å². The second kappa shape index (κ2) is 6.53. The molecule has 2 aliphatic rings. The highest BCUT2D eigenvalue weighted by atomic mass is 16.2. The van der Waals surface area contributed by atoms with Crippen molar-refractivity contribution in [3.63, 3.8) is 0 Å². The van der Waals surface area contributed by atoms with Crippen LogP contribution in [0.3, 0.4) is 0 Å². The second-order valence-electron chi connectivity index (χ2n) is 5.76. The van der Waals surface area contributed by atoms with Crippen LogP contribution in [0.5, 0.6) is 0 Å². The summed E-state index contributed by atoms with van der Waals surface area (Å²) in [7, 11) is 2.03. The first-order valence-electron chi connectivity index (χ1n) is 7.40. The Morgan fingerprint density at radius 3 is 2.72 bits per heavy atom. The molecule has 0 radical (unpaired) electrons. The van der Waals surface area contributed by atoms with Gasteiger partial charge in [-0.05, 0) is 46.2 Å². The van der Waals surface area contributed by atoms with Crippen LogP contribution in [0.1, 0.15) is 39.0 Å². The quantitative estimate of drug-likeness (QED) is 0.814. The first-order chi connectivity index (χ1) is 8.70. The fourth-order valence-electron chi connectivity index (χ4n) is 3.20. The van der Waals surface area contributed by atoms with Crippen molar-refractivity contribution in [3.05, 3.63) is 0 Å². The average Bonchev–Trinajstić information content (AvgIpc) is 2.82. The highest BCUT2D eigenvalue weighted by Gasteiger charge is 2.25. The van der Waals surface area contributed by atoms with E-state index in [1.807, 2.05) is 7.05 Å². The van der Waals surface area contributed by atoms with Gasteiger partial charge in [-0.3, -0.25) is 4.79 Å². The zero-order valence-corrected chi connectivity index (χ0v) is 11.8. The Labute approximate surface area is 111 Å². The van der Waals surface area contributed by atoms with E-state index < -0.39 is 0 Å². The van der Waals surface area contributed by atoms with E-state index in [2.05, 4.69) is 22.0 Å². The third-order valence-electron chi connectivity index (χ3n) is 4.43. The molecule has 0 bridgehead atoms. The SMILES string of the molecule is CNC1CCCN(CCC(=O)N2CCCC2C)C1. The standard InChI is InChI=1S/C14H27N3O/c1-12-5-3-9-17(12)14(18)7-10-16-8-4-6-13(11-16)15-2/h12-13,15H,3-11H2,1-2H3. The summed E-state index contributed by atoms with van der Waals surface area (Å²) < 4.78 is 0. The van der Waals surface area contributed by atoms with Gasteiger partial charge >= 0.3 is 0 Å². The summed E-state index contributed by atoms with van der Waals surface area (Å²) in [6, 6.07) is 1.07. The number of rotatable bonds is 4. The first kappa shape index (κ1) is 13.8. The van der Waals surface area contributed by atoms with Gasteiger partial charge in [0, 0.05) is 38.1 Å². The van der Waals surface area contributed by atoms with Gasteiger partial charge in [-0.25, -0.2) is 0 Å². The van der Waals surface area contributed by atoms with Gasteiger partial charge in [0.05, 0.1) is 0 Å². The van der Waals surface area contributed by atoms with Crippen LogP contribution in [0, 0.1) is 0 Å².